The maximum atomic E-state index is 13.2. The van der Waals surface area contributed by atoms with Crippen LogP contribution < -0.4 is 5.32 Å². The summed E-state index contributed by atoms with van der Waals surface area (Å²) in [5.41, 5.74) is 2.96. The van der Waals surface area contributed by atoms with Gasteiger partial charge in [-0.3, -0.25) is 4.79 Å². The molecule has 0 spiro atoms. The van der Waals surface area contributed by atoms with E-state index in [0.29, 0.717) is 5.92 Å². The van der Waals surface area contributed by atoms with Crippen molar-refractivity contribution < 1.29 is 4.79 Å². The van der Waals surface area contributed by atoms with Crippen LogP contribution in [0, 0.1) is 5.92 Å². The molecule has 5 nitrogen and oxygen atoms in total. The Morgan fingerprint density at radius 2 is 1.88 bits per heavy atom. The summed E-state index contributed by atoms with van der Waals surface area (Å²) >= 11 is 0. The van der Waals surface area contributed by atoms with Gasteiger partial charge < -0.3 is 10.2 Å². The third-order valence-electron chi connectivity index (χ3n) is 5.71. The number of nitrogens with one attached hydrogen (secondary N) is 1. The van der Waals surface area contributed by atoms with Gasteiger partial charge in [0, 0.05) is 19.0 Å². The molecule has 1 aromatic heterocycles. The number of hydrogen-bond acceptors (Lipinski definition) is 3. The minimum Gasteiger partial charge on any atom is -0.339 e. The first-order valence-electron chi connectivity index (χ1n) is 9.85. The summed E-state index contributed by atoms with van der Waals surface area (Å²) in [6.07, 6.45) is 7.53. The maximum absolute atomic E-state index is 13.2. The van der Waals surface area contributed by atoms with E-state index in [-0.39, 0.29) is 5.91 Å². The molecule has 1 saturated carbocycles. The summed E-state index contributed by atoms with van der Waals surface area (Å²) in [5.74, 6) is 1.38. The van der Waals surface area contributed by atoms with Crippen molar-refractivity contribution in [3.8, 4) is 5.69 Å². The van der Waals surface area contributed by atoms with Crippen LogP contribution in [0.4, 0.5) is 0 Å². The highest BCUT2D eigenvalue weighted by Gasteiger charge is 2.35. The Morgan fingerprint density at radius 3 is 2.54 bits per heavy atom. The molecule has 26 heavy (non-hydrogen) atoms. The van der Waals surface area contributed by atoms with E-state index in [1.807, 2.05) is 34.8 Å². The molecule has 138 valence electrons. The lowest BCUT2D eigenvalue weighted by Crippen LogP contribution is -2.39. The molecule has 1 N–H and O–H groups in total. The molecule has 5 heteroatoms. The predicted molar refractivity (Wildman–Crippen MR) is 103 cm³/mol. The number of hydrogen-bond donors (Lipinski definition) is 1. The van der Waals surface area contributed by atoms with Gasteiger partial charge in [-0.2, -0.15) is 5.10 Å². The Bertz CT molecular complexity index is 743. The topological polar surface area (TPSA) is 50.2 Å². The van der Waals surface area contributed by atoms with E-state index in [4.69, 9.17) is 0 Å². The Kier molecular flexibility index (Phi) is 5.07. The summed E-state index contributed by atoms with van der Waals surface area (Å²) in [6.45, 7) is 2.80. The number of carbonyl (C=O) groups excluding carboxylic acids is 1. The zero-order chi connectivity index (χ0) is 17.9. The first-order valence-corrected chi connectivity index (χ1v) is 9.85. The number of amides is 1. The fourth-order valence-corrected chi connectivity index (χ4v) is 3.99. The Morgan fingerprint density at radius 1 is 1.15 bits per heavy atom. The highest BCUT2D eigenvalue weighted by Crippen LogP contribution is 2.42. The molecule has 1 aliphatic heterocycles. The van der Waals surface area contributed by atoms with Crippen molar-refractivity contribution >= 4 is 5.91 Å². The van der Waals surface area contributed by atoms with Gasteiger partial charge in [0.2, 0.25) is 0 Å². The number of para-hydroxylation sites is 1. The number of rotatable bonds is 6. The first-order chi connectivity index (χ1) is 12.8. The van der Waals surface area contributed by atoms with E-state index in [1.54, 1.807) is 6.20 Å². The zero-order valence-electron chi connectivity index (χ0n) is 15.5. The second-order valence-electron chi connectivity index (χ2n) is 7.59. The van der Waals surface area contributed by atoms with Crippen molar-refractivity contribution in [2.75, 3.05) is 26.7 Å². The largest absolute Gasteiger partial charge is 0.339 e. The second kappa shape index (κ2) is 7.62. The number of likely N-dealkylation sites (tertiary alicyclic amines) is 1. The van der Waals surface area contributed by atoms with Crippen LogP contribution in [-0.2, 0) is 0 Å². The Labute approximate surface area is 155 Å². The molecule has 2 aliphatic rings. The van der Waals surface area contributed by atoms with Crippen molar-refractivity contribution in [2.45, 2.75) is 38.0 Å². The lowest BCUT2D eigenvalue weighted by molar-refractivity contribution is 0.0686. The Hall–Kier alpha value is -2.14. The minimum absolute atomic E-state index is 0.168. The molecule has 2 fully saturated rings. The molecule has 1 amide bonds. The van der Waals surface area contributed by atoms with E-state index in [2.05, 4.69) is 22.5 Å². The van der Waals surface area contributed by atoms with Crippen molar-refractivity contribution in [1.82, 2.24) is 20.0 Å². The van der Waals surface area contributed by atoms with Gasteiger partial charge in [0.15, 0.2) is 0 Å². The van der Waals surface area contributed by atoms with Crippen LogP contribution in [0.25, 0.3) is 5.69 Å². The molecule has 1 aliphatic carbocycles. The fraction of sp³-hybridized carbons (Fsp3) is 0.524. The third-order valence-corrected chi connectivity index (χ3v) is 5.71. The molecular weight excluding hydrogens is 324 g/mol. The van der Waals surface area contributed by atoms with Gasteiger partial charge in [-0.15, -0.1) is 0 Å². The minimum atomic E-state index is 0.168. The molecule has 0 bridgehead atoms. The number of carbonyl (C=O) groups is 1. The Balaban J connectivity index is 1.51. The maximum Gasteiger partial charge on any atom is 0.257 e. The van der Waals surface area contributed by atoms with Gasteiger partial charge in [-0.25, -0.2) is 4.68 Å². The van der Waals surface area contributed by atoms with Crippen LogP contribution in [0.15, 0.2) is 36.5 Å². The zero-order valence-corrected chi connectivity index (χ0v) is 15.5. The van der Waals surface area contributed by atoms with Crippen LogP contribution in [0.1, 0.15) is 54.1 Å². The molecule has 0 atom stereocenters. The van der Waals surface area contributed by atoms with Gasteiger partial charge in [0.1, 0.15) is 0 Å². The summed E-state index contributed by atoms with van der Waals surface area (Å²) < 4.78 is 1.98. The van der Waals surface area contributed by atoms with Crippen LogP contribution in [-0.4, -0.2) is 47.3 Å². The molecule has 2 heterocycles. The highest BCUT2D eigenvalue weighted by atomic mass is 16.2. The number of piperidine rings is 1. The standard InChI is InChI=1S/C21H28N4O/c1-22-12-9-16-10-13-24(14-11-16)21(26)19-15-23-25(20(19)17-7-8-17)18-5-3-2-4-6-18/h2-6,15-17,22H,7-14H2,1H3. The number of benzene rings is 1. The number of nitrogens with zero attached hydrogens (tertiary/aromatic N) is 3. The average molecular weight is 352 g/mol. The van der Waals surface area contributed by atoms with Crippen LogP contribution >= 0.6 is 0 Å². The average Bonchev–Trinajstić information content (AvgIpc) is 3.44. The third kappa shape index (κ3) is 3.54. The van der Waals surface area contributed by atoms with Crippen molar-refractivity contribution in [3.63, 3.8) is 0 Å². The molecule has 1 aromatic carbocycles. The molecule has 0 radical (unpaired) electrons. The van der Waals surface area contributed by atoms with E-state index >= 15 is 0 Å². The summed E-state index contributed by atoms with van der Waals surface area (Å²) in [6, 6.07) is 10.2. The molecule has 1 saturated heterocycles. The number of aromatic nitrogens is 2. The summed E-state index contributed by atoms with van der Waals surface area (Å²) in [5, 5.41) is 7.81. The summed E-state index contributed by atoms with van der Waals surface area (Å²) in [7, 11) is 2.00. The van der Waals surface area contributed by atoms with E-state index < -0.39 is 0 Å². The van der Waals surface area contributed by atoms with Gasteiger partial charge in [-0.05, 0) is 63.7 Å². The lowest BCUT2D eigenvalue weighted by Gasteiger charge is -2.32. The van der Waals surface area contributed by atoms with Crippen LogP contribution in [0.5, 0.6) is 0 Å². The SMILES string of the molecule is CNCCC1CCN(C(=O)c2cnn(-c3ccccc3)c2C2CC2)CC1. The molecular formula is C21H28N4O. The predicted octanol–water partition coefficient (Wildman–Crippen LogP) is 3.21. The smallest absolute Gasteiger partial charge is 0.257 e. The van der Waals surface area contributed by atoms with Gasteiger partial charge >= 0.3 is 0 Å². The van der Waals surface area contributed by atoms with Crippen molar-refractivity contribution in [3.05, 3.63) is 47.8 Å². The second-order valence-corrected chi connectivity index (χ2v) is 7.59. The van der Waals surface area contributed by atoms with E-state index in [9.17, 15) is 4.79 Å². The van der Waals surface area contributed by atoms with Crippen LogP contribution in [0.3, 0.4) is 0 Å². The van der Waals surface area contributed by atoms with E-state index in [1.165, 1.54) is 6.42 Å². The lowest BCUT2D eigenvalue weighted by atomic mass is 9.93. The van der Waals surface area contributed by atoms with Crippen molar-refractivity contribution in [1.29, 1.82) is 0 Å². The summed E-state index contributed by atoms with van der Waals surface area (Å²) in [4.78, 5) is 15.2. The van der Waals surface area contributed by atoms with Gasteiger partial charge in [0.25, 0.3) is 5.91 Å². The fourth-order valence-electron chi connectivity index (χ4n) is 3.99. The van der Waals surface area contributed by atoms with Gasteiger partial charge in [-0.1, -0.05) is 18.2 Å². The molecule has 4 rings (SSSR count). The van der Waals surface area contributed by atoms with Gasteiger partial charge in [0.05, 0.1) is 23.1 Å². The quantitative estimate of drug-likeness (QED) is 0.868. The van der Waals surface area contributed by atoms with E-state index in [0.717, 1.165) is 68.2 Å². The highest BCUT2D eigenvalue weighted by molar-refractivity contribution is 5.95. The normalized spacial score (nSPS) is 18.3. The monoisotopic (exact) mass is 352 g/mol. The molecule has 2 aromatic rings. The van der Waals surface area contributed by atoms with Crippen LogP contribution in [0.2, 0.25) is 0 Å². The van der Waals surface area contributed by atoms with Crippen molar-refractivity contribution in [2.24, 2.45) is 5.92 Å². The first kappa shape index (κ1) is 17.3. The molecule has 0 unspecified atom stereocenters.